The van der Waals surface area contributed by atoms with Gasteiger partial charge in [0, 0.05) is 16.2 Å². The molecule has 0 aliphatic carbocycles. The second-order valence-electron chi connectivity index (χ2n) is 11.3. The van der Waals surface area contributed by atoms with Gasteiger partial charge in [-0.05, 0) is 42.1 Å². The van der Waals surface area contributed by atoms with E-state index in [4.69, 9.17) is 0 Å². The maximum Gasteiger partial charge on any atom is 0.453 e. The van der Waals surface area contributed by atoms with Crippen LogP contribution in [0.1, 0.15) is 5.56 Å². The van der Waals surface area contributed by atoms with Gasteiger partial charge in [-0.1, -0.05) is 66.2 Å². The van der Waals surface area contributed by atoms with Gasteiger partial charge in [-0.15, -0.1) is 10.3 Å². The van der Waals surface area contributed by atoms with E-state index in [0.717, 1.165) is 5.56 Å². The third-order valence-electron chi connectivity index (χ3n) is 8.67. The summed E-state index contributed by atoms with van der Waals surface area (Å²) in [6, 6.07) is 22.0. The van der Waals surface area contributed by atoms with Crippen molar-refractivity contribution in [2.45, 2.75) is 6.92 Å². The highest BCUT2D eigenvalue weighted by atomic mass is 31.2. The van der Waals surface area contributed by atoms with Crippen LogP contribution in [0.4, 0.5) is 43.9 Å². The summed E-state index contributed by atoms with van der Waals surface area (Å²) in [5.41, 5.74) is -2.98. The van der Waals surface area contributed by atoms with E-state index < -0.39 is 82.6 Å². The van der Waals surface area contributed by atoms with E-state index in [-0.39, 0.29) is 21.7 Å². The van der Waals surface area contributed by atoms with Crippen LogP contribution >= 0.6 is 7.05 Å². The van der Waals surface area contributed by atoms with Crippen LogP contribution < -0.4 is 31.6 Å². The van der Waals surface area contributed by atoms with Crippen LogP contribution in [0.2, 0.25) is 0 Å². The Morgan fingerprint density at radius 3 is 1.33 bits per heavy atom. The lowest BCUT2D eigenvalue weighted by Gasteiger charge is -2.31. The van der Waals surface area contributed by atoms with Crippen molar-refractivity contribution < 1.29 is 48.6 Å². The average molecular weight is 702 g/mol. The molecule has 0 spiro atoms. The first-order valence-electron chi connectivity index (χ1n) is 14.4. The highest BCUT2D eigenvalue weighted by Gasteiger charge is 2.60. The van der Waals surface area contributed by atoms with Crippen LogP contribution in [0.25, 0.3) is 11.3 Å². The second-order valence-corrected chi connectivity index (χ2v) is 14.4. The van der Waals surface area contributed by atoms with Gasteiger partial charge in [0.1, 0.15) is 34.4 Å². The molecule has 6 aromatic rings. The first kappa shape index (κ1) is 32.4. The number of aromatic nitrogens is 3. The van der Waals surface area contributed by atoms with Crippen molar-refractivity contribution in [1.82, 2.24) is 14.9 Å². The van der Waals surface area contributed by atoms with E-state index in [9.17, 15) is 8.78 Å². The van der Waals surface area contributed by atoms with E-state index in [1.165, 1.54) is 24.3 Å². The van der Waals surface area contributed by atoms with Crippen molar-refractivity contribution in [2.75, 3.05) is 0 Å². The Balaban J connectivity index is 1.83. The van der Waals surface area contributed by atoms with E-state index in [1.54, 1.807) is 67.6 Å². The normalized spacial score (nSPS) is 14.5. The minimum Gasteiger partial charge on any atom is -0.453 e. The smallest absolute Gasteiger partial charge is 0.453 e. The fourth-order valence-corrected chi connectivity index (χ4v) is 10.9. The molecule has 16 heteroatoms. The summed E-state index contributed by atoms with van der Waals surface area (Å²) < 4.78 is 157. The Labute approximate surface area is 270 Å². The molecule has 1 N–H and O–H groups in total. The van der Waals surface area contributed by atoms with Crippen LogP contribution in [-0.4, -0.2) is 21.3 Å². The van der Waals surface area contributed by atoms with Crippen molar-refractivity contribution in [1.29, 1.82) is 0 Å². The highest BCUT2D eigenvalue weighted by Crippen LogP contribution is 2.45. The summed E-state index contributed by atoms with van der Waals surface area (Å²) in [5.74, 6) is -25.7. The van der Waals surface area contributed by atoms with Gasteiger partial charge in [0.2, 0.25) is 0 Å². The number of aryl methyl sites for hydroxylation is 1. The molecule has 1 aromatic heterocycles. The van der Waals surface area contributed by atoms with E-state index in [1.807, 2.05) is 0 Å². The highest BCUT2D eigenvalue weighted by molar-refractivity contribution is 7.86. The third-order valence-corrected chi connectivity index (χ3v) is 12.6. The Morgan fingerprint density at radius 2 is 0.918 bits per heavy atom. The van der Waals surface area contributed by atoms with Gasteiger partial charge in [0.25, 0.3) is 0 Å². The van der Waals surface area contributed by atoms with Crippen molar-refractivity contribution in [3.8, 4) is 11.3 Å². The molecule has 248 valence electrons. The van der Waals surface area contributed by atoms with Gasteiger partial charge in [-0.2, -0.15) is 0 Å². The largest absolute Gasteiger partial charge is 0.453 e. The molecule has 0 saturated heterocycles. The maximum atomic E-state index is 16.2. The monoisotopic (exact) mass is 702 g/mol. The average Bonchev–Trinajstić information content (AvgIpc) is 3.69. The zero-order valence-electron chi connectivity index (χ0n) is 24.7. The molecule has 0 radical (unpaired) electrons. The number of hydrogen-bond donors (Lipinski definition) is 1. The number of halogens is 10. The molecule has 4 nitrogen and oxygen atoms in total. The Hall–Kier alpha value is -5.17. The van der Waals surface area contributed by atoms with E-state index >= 15 is 35.1 Å². The quantitative estimate of drug-likeness (QED) is 0.0958. The molecule has 5 aromatic carbocycles. The number of nitrogens with zero attached hydrogens (tertiary/aromatic N) is 3. The van der Waals surface area contributed by atoms with Crippen molar-refractivity contribution in [3.05, 3.63) is 149 Å². The number of nitrogens with one attached hydrogen (secondary N) is 1. The molecule has 0 amide bonds. The van der Waals surface area contributed by atoms with Crippen LogP contribution in [-0.2, 0) is 0 Å². The number of benzene rings is 5. The molecule has 1 aliphatic heterocycles. The Bertz CT molecular complexity index is 2200. The molecular weight excluding hydrogens is 684 g/mol. The number of hydrogen-bond acceptors (Lipinski definition) is 2. The maximum absolute atomic E-state index is 16.2. The van der Waals surface area contributed by atoms with Gasteiger partial charge in [-0.3, -0.25) is 0 Å². The van der Waals surface area contributed by atoms with Gasteiger partial charge >= 0.3 is 6.42 Å². The molecule has 0 saturated carbocycles. The molecule has 49 heavy (non-hydrogen) atoms. The molecule has 0 bridgehead atoms. The topological polar surface area (TPSA) is 44.7 Å². The first-order chi connectivity index (χ1) is 23.4. The minimum absolute atomic E-state index is 0.0648. The van der Waals surface area contributed by atoms with Crippen molar-refractivity contribution in [2.24, 2.45) is 0 Å². The van der Waals surface area contributed by atoms with E-state index in [2.05, 4.69) is 15.0 Å². The fraction of sp³-hybridized carbons (Fsp3) is 0.0303. The summed E-state index contributed by atoms with van der Waals surface area (Å²) >= 11 is 0. The standard InChI is InChI=1S/C33H18BF10N4P/c1-16-12-14-17(15-13-16)32-33-48(47-45-32)34(20-22(35)26(39)30(43)27(40)23(20)36,21-24(37)28(41)31(44)29(42)25(21)38)46-49(33,18-8-4-2-5-9-18)19-10-6-3-7-11-19/h2-15,46H,1H3. The first-order valence-corrected chi connectivity index (χ1v) is 16.2. The van der Waals surface area contributed by atoms with E-state index in [0.29, 0.717) is 10.2 Å². The SMILES string of the molecule is Cc1ccc(-c2nnn3c2P(c2ccccc2)(c2ccccc2)=[NH+][B-]3(c2c(F)c(F)c(F)c(F)c2F)c2c(F)c(F)c(F)c(F)c2F)cc1. The van der Waals surface area contributed by atoms with Crippen molar-refractivity contribution >= 4 is 40.4 Å². The molecule has 0 atom stereocenters. The molecular formula is C33H18BF10N4P. The lowest BCUT2D eigenvalue weighted by atomic mass is 9.37. The summed E-state index contributed by atoms with van der Waals surface area (Å²) in [6.07, 6.45) is -4.72. The van der Waals surface area contributed by atoms with Crippen LogP contribution in [0.3, 0.4) is 0 Å². The molecule has 0 fully saturated rings. The van der Waals surface area contributed by atoms with Crippen LogP contribution in [0.15, 0.2) is 84.9 Å². The molecule has 1 aliphatic rings. The summed E-state index contributed by atoms with van der Waals surface area (Å²) in [6.45, 7) is 1.77. The summed E-state index contributed by atoms with van der Waals surface area (Å²) in [4.78, 5) is 0. The van der Waals surface area contributed by atoms with Gasteiger partial charge in [0.15, 0.2) is 42.0 Å². The fourth-order valence-electron chi connectivity index (χ4n) is 6.50. The molecule has 0 unspecified atom stereocenters. The predicted molar refractivity (Wildman–Crippen MR) is 163 cm³/mol. The van der Waals surface area contributed by atoms with Gasteiger partial charge < -0.3 is 9.25 Å². The summed E-state index contributed by atoms with van der Waals surface area (Å²) in [7, 11) is -3.95. The molecule has 7 rings (SSSR count). The zero-order valence-corrected chi connectivity index (χ0v) is 25.6. The van der Waals surface area contributed by atoms with Crippen LogP contribution in [0, 0.1) is 65.1 Å². The van der Waals surface area contributed by atoms with Gasteiger partial charge in [0.05, 0.1) is 0 Å². The number of fused-ring (bicyclic) bond motifs is 1. The van der Waals surface area contributed by atoms with Gasteiger partial charge in [-0.25, -0.2) is 43.9 Å². The lowest BCUT2D eigenvalue weighted by Crippen LogP contribution is -3.00. The van der Waals surface area contributed by atoms with Crippen LogP contribution in [0.5, 0.6) is 0 Å². The minimum atomic E-state index is -4.72. The lowest BCUT2D eigenvalue weighted by molar-refractivity contribution is -0.273. The third kappa shape index (κ3) is 4.37. The Morgan fingerprint density at radius 1 is 0.531 bits per heavy atom. The second kappa shape index (κ2) is 11.5. The zero-order chi connectivity index (χ0) is 35.0. The predicted octanol–water partition coefficient (Wildman–Crippen LogP) is 4.32. The van der Waals surface area contributed by atoms with Crippen molar-refractivity contribution in [3.63, 3.8) is 0 Å². The number of rotatable bonds is 5. The molecule has 2 heterocycles. The summed E-state index contributed by atoms with van der Waals surface area (Å²) in [5, 5.41) is 8.69. The Kier molecular flexibility index (Phi) is 7.58.